The fourth-order valence-corrected chi connectivity index (χ4v) is 3.30. The molecule has 2 heterocycles. The normalized spacial score (nSPS) is 14.7. The number of hydrogen-bond donors (Lipinski definition) is 1. The summed E-state index contributed by atoms with van der Waals surface area (Å²) in [4.78, 5) is 28.0. The second-order valence-electron chi connectivity index (χ2n) is 5.44. The molecule has 1 N–H and O–H groups in total. The lowest BCUT2D eigenvalue weighted by molar-refractivity contribution is 0.0516. The Bertz CT molecular complexity index is 789. The summed E-state index contributed by atoms with van der Waals surface area (Å²) < 4.78 is 5.10. The molecule has 1 aromatic carbocycles. The van der Waals surface area contributed by atoms with E-state index in [2.05, 4.69) is 0 Å². The van der Waals surface area contributed by atoms with E-state index in [0.717, 1.165) is 0 Å². The van der Waals surface area contributed by atoms with Crippen LogP contribution in [0.2, 0.25) is 15.1 Å². The maximum atomic E-state index is 12.7. The minimum Gasteiger partial charge on any atom is -0.505 e. The SMILES string of the molecule is O=C(c1ccco1)N1CCN(C(=O)c2c(O)c(Cl)cc(Cl)c2Cl)CC1. The number of piperazine rings is 1. The molecule has 25 heavy (non-hydrogen) atoms. The van der Waals surface area contributed by atoms with E-state index in [4.69, 9.17) is 39.2 Å². The minimum absolute atomic E-state index is 0.0515. The summed E-state index contributed by atoms with van der Waals surface area (Å²) in [5.74, 6) is -0.877. The molecule has 1 saturated heterocycles. The van der Waals surface area contributed by atoms with Gasteiger partial charge in [0.2, 0.25) is 0 Å². The van der Waals surface area contributed by atoms with Crippen molar-refractivity contribution in [3.8, 4) is 5.75 Å². The van der Waals surface area contributed by atoms with Crippen molar-refractivity contribution in [2.45, 2.75) is 0 Å². The minimum atomic E-state index is -0.489. The monoisotopic (exact) mass is 402 g/mol. The standard InChI is InChI=1S/C16H13Cl3N2O4/c17-9-8-10(18)14(22)12(13(9)19)16(24)21-5-3-20(4-6-21)15(23)11-2-1-7-25-11/h1-2,7-8,22H,3-6H2. The van der Waals surface area contributed by atoms with Crippen molar-refractivity contribution in [2.24, 2.45) is 0 Å². The average Bonchev–Trinajstić information content (AvgIpc) is 3.14. The molecule has 2 aromatic rings. The first-order chi connectivity index (χ1) is 11.9. The highest BCUT2D eigenvalue weighted by atomic mass is 35.5. The first-order valence-electron chi connectivity index (χ1n) is 7.38. The molecule has 1 aliphatic heterocycles. The fourth-order valence-electron chi connectivity index (χ4n) is 2.61. The highest BCUT2D eigenvalue weighted by Gasteiger charge is 2.30. The van der Waals surface area contributed by atoms with Gasteiger partial charge in [0.15, 0.2) is 5.76 Å². The largest absolute Gasteiger partial charge is 0.505 e. The van der Waals surface area contributed by atoms with Gasteiger partial charge in [-0.1, -0.05) is 34.8 Å². The molecule has 1 fully saturated rings. The number of benzene rings is 1. The van der Waals surface area contributed by atoms with E-state index in [1.165, 1.54) is 17.2 Å². The van der Waals surface area contributed by atoms with Gasteiger partial charge in [-0.3, -0.25) is 9.59 Å². The number of hydrogen-bond acceptors (Lipinski definition) is 4. The third-order valence-electron chi connectivity index (χ3n) is 3.95. The zero-order valence-corrected chi connectivity index (χ0v) is 15.1. The molecule has 0 spiro atoms. The van der Waals surface area contributed by atoms with E-state index in [1.54, 1.807) is 17.0 Å². The Morgan fingerprint density at radius 2 is 1.60 bits per heavy atom. The van der Waals surface area contributed by atoms with Gasteiger partial charge in [-0.2, -0.15) is 0 Å². The van der Waals surface area contributed by atoms with Gasteiger partial charge >= 0.3 is 0 Å². The smallest absolute Gasteiger partial charge is 0.289 e. The number of phenolic OH excluding ortho intramolecular Hbond substituents is 1. The zero-order chi connectivity index (χ0) is 18.1. The number of rotatable bonds is 2. The average molecular weight is 404 g/mol. The van der Waals surface area contributed by atoms with Crippen molar-refractivity contribution in [1.29, 1.82) is 0 Å². The van der Waals surface area contributed by atoms with E-state index in [-0.39, 0.29) is 45.4 Å². The first-order valence-corrected chi connectivity index (χ1v) is 8.52. The van der Waals surface area contributed by atoms with Crippen LogP contribution in [0.1, 0.15) is 20.9 Å². The van der Waals surface area contributed by atoms with Crippen molar-refractivity contribution >= 4 is 46.6 Å². The third-order valence-corrected chi connectivity index (χ3v) is 5.02. The van der Waals surface area contributed by atoms with Crippen LogP contribution < -0.4 is 0 Å². The molecular weight excluding hydrogens is 391 g/mol. The molecule has 0 atom stereocenters. The molecule has 0 radical (unpaired) electrons. The Hall–Kier alpha value is -1.89. The van der Waals surface area contributed by atoms with E-state index in [0.29, 0.717) is 13.1 Å². The number of carbonyl (C=O) groups is 2. The second kappa shape index (κ2) is 7.15. The molecule has 2 amide bonds. The maximum Gasteiger partial charge on any atom is 0.289 e. The molecule has 0 bridgehead atoms. The first kappa shape index (κ1) is 17.9. The van der Waals surface area contributed by atoms with Gasteiger partial charge in [-0.05, 0) is 18.2 Å². The molecule has 1 aromatic heterocycles. The number of amides is 2. The predicted molar refractivity (Wildman–Crippen MR) is 93.7 cm³/mol. The number of halogens is 3. The lowest BCUT2D eigenvalue weighted by Gasteiger charge is -2.34. The van der Waals surface area contributed by atoms with Crippen LogP contribution >= 0.6 is 34.8 Å². The highest BCUT2D eigenvalue weighted by Crippen LogP contribution is 2.39. The van der Waals surface area contributed by atoms with E-state index in [9.17, 15) is 14.7 Å². The predicted octanol–water partition coefficient (Wildman–Crippen LogP) is 3.54. The Balaban J connectivity index is 1.73. The van der Waals surface area contributed by atoms with Crippen molar-refractivity contribution in [3.05, 3.63) is 50.9 Å². The van der Waals surface area contributed by atoms with Crippen LogP contribution in [0.5, 0.6) is 5.75 Å². The second-order valence-corrected chi connectivity index (χ2v) is 6.63. The molecule has 0 saturated carbocycles. The van der Waals surface area contributed by atoms with Crippen molar-refractivity contribution in [2.75, 3.05) is 26.2 Å². The Morgan fingerprint density at radius 3 is 2.16 bits per heavy atom. The number of nitrogens with zero attached hydrogens (tertiary/aromatic N) is 2. The zero-order valence-electron chi connectivity index (χ0n) is 12.8. The summed E-state index contributed by atoms with van der Waals surface area (Å²) in [5, 5.41) is 10.0. The van der Waals surface area contributed by atoms with Crippen LogP contribution in [0.4, 0.5) is 0 Å². The number of furan rings is 1. The summed E-state index contributed by atoms with van der Waals surface area (Å²) >= 11 is 17.9. The van der Waals surface area contributed by atoms with Gasteiger partial charge in [0.05, 0.1) is 21.3 Å². The van der Waals surface area contributed by atoms with Crippen molar-refractivity contribution in [1.82, 2.24) is 9.80 Å². The van der Waals surface area contributed by atoms with Crippen LogP contribution in [0.25, 0.3) is 0 Å². The Kier molecular flexibility index (Phi) is 5.13. The van der Waals surface area contributed by atoms with Gasteiger partial charge in [-0.25, -0.2) is 0 Å². The molecule has 1 aliphatic rings. The van der Waals surface area contributed by atoms with E-state index in [1.807, 2.05) is 0 Å². The highest BCUT2D eigenvalue weighted by molar-refractivity contribution is 6.45. The number of carbonyl (C=O) groups excluding carboxylic acids is 2. The summed E-state index contributed by atoms with van der Waals surface area (Å²) in [6.07, 6.45) is 1.43. The molecular formula is C16H13Cl3N2O4. The summed E-state index contributed by atoms with van der Waals surface area (Å²) in [7, 11) is 0. The molecule has 9 heteroatoms. The molecule has 0 unspecified atom stereocenters. The Labute approximate surface area is 158 Å². The van der Waals surface area contributed by atoms with E-state index < -0.39 is 11.7 Å². The fraction of sp³-hybridized carbons (Fsp3) is 0.250. The lowest BCUT2D eigenvalue weighted by Crippen LogP contribution is -2.50. The van der Waals surface area contributed by atoms with Crippen LogP contribution in [0.15, 0.2) is 28.9 Å². The molecule has 6 nitrogen and oxygen atoms in total. The molecule has 132 valence electrons. The van der Waals surface area contributed by atoms with Crippen molar-refractivity contribution in [3.63, 3.8) is 0 Å². The van der Waals surface area contributed by atoms with Gasteiger partial charge in [0.1, 0.15) is 11.3 Å². The van der Waals surface area contributed by atoms with Gasteiger partial charge in [0.25, 0.3) is 11.8 Å². The van der Waals surface area contributed by atoms with Crippen LogP contribution in [0.3, 0.4) is 0 Å². The quantitative estimate of drug-likeness (QED) is 0.778. The summed E-state index contributed by atoms with van der Waals surface area (Å²) in [5.41, 5.74) is -0.134. The summed E-state index contributed by atoms with van der Waals surface area (Å²) in [6.45, 7) is 1.23. The van der Waals surface area contributed by atoms with Gasteiger partial charge in [-0.15, -0.1) is 0 Å². The number of aromatic hydroxyl groups is 1. The van der Waals surface area contributed by atoms with Gasteiger partial charge in [0, 0.05) is 26.2 Å². The molecule has 3 rings (SSSR count). The van der Waals surface area contributed by atoms with Crippen LogP contribution in [0, 0.1) is 0 Å². The molecule has 0 aliphatic carbocycles. The Morgan fingerprint density at radius 1 is 1.00 bits per heavy atom. The maximum absolute atomic E-state index is 12.7. The summed E-state index contributed by atoms with van der Waals surface area (Å²) in [6, 6.07) is 4.50. The third kappa shape index (κ3) is 3.42. The van der Waals surface area contributed by atoms with E-state index >= 15 is 0 Å². The van der Waals surface area contributed by atoms with Crippen LogP contribution in [-0.4, -0.2) is 52.9 Å². The van der Waals surface area contributed by atoms with Crippen LogP contribution in [-0.2, 0) is 0 Å². The van der Waals surface area contributed by atoms with Gasteiger partial charge < -0.3 is 19.3 Å². The topological polar surface area (TPSA) is 74.0 Å². The lowest BCUT2D eigenvalue weighted by atomic mass is 10.1. The number of phenols is 1. The van der Waals surface area contributed by atoms with Crippen molar-refractivity contribution < 1.29 is 19.1 Å².